The van der Waals surface area contributed by atoms with Crippen LogP contribution < -0.4 is 0 Å². The lowest BCUT2D eigenvalue weighted by atomic mass is 10.2. The van der Waals surface area contributed by atoms with Gasteiger partial charge in [-0.25, -0.2) is 9.97 Å². The van der Waals surface area contributed by atoms with Crippen LogP contribution >= 0.6 is 15.9 Å². The van der Waals surface area contributed by atoms with Crippen molar-refractivity contribution in [3.63, 3.8) is 0 Å². The fourth-order valence-corrected chi connectivity index (χ4v) is 2.73. The molecule has 3 rings (SSSR count). The van der Waals surface area contributed by atoms with Gasteiger partial charge in [0.05, 0.1) is 11.1 Å². The summed E-state index contributed by atoms with van der Waals surface area (Å²) in [5.41, 5.74) is 3.15. The van der Waals surface area contributed by atoms with Crippen molar-refractivity contribution in [2.75, 3.05) is 0 Å². The Hall–Kier alpha value is -2.01. The monoisotopic (exact) mass is 329 g/mol. The highest BCUT2D eigenvalue weighted by Gasteiger charge is 2.13. The van der Waals surface area contributed by atoms with E-state index in [1.807, 2.05) is 42.8 Å². The molecule has 0 spiro atoms. The van der Waals surface area contributed by atoms with Crippen molar-refractivity contribution in [3.8, 4) is 11.4 Å². The SMILES string of the molecule is Cc1nc(-c2cccc(Br)c2)nc2c1c(C=O)cn2C. The number of hydrogen-bond donors (Lipinski definition) is 0. The molecule has 4 nitrogen and oxygen atoms in total. The Morgan fingerprint density at radius 3 is 2.80 bits per heavy atom. The Morgan fingerprint density at radius 1 is 1.30 bits per heavy atom. The summed E-state index contributed by atoms with van der Waals surface area (Å²) in [6.07, 6.45) is 2.63. The van der Waals surface area contributed by atoms with E-state index in [0.29, 0.717) is 11.4 Å². The number of aromatic nitrogens is 3. The maximum atomic E-state index is 11.1. The van der Waals surface area contributed by atoms with Crippen LogP contribution in [0.1, 0.15) is 16.1 Å². The molecule has 0 amide bonds. The molecule has 0 bridgehead atoms. The number of aryl methyl sites for hydroxylation is 2. The van der Waals surface area contributed by atoms with E-state index in [-0.39, 0.29) is 0 Å². The molecule has 0 N–H and O–H groups in total. The zero-order chi connectivity index (χ0) is 14.3. The van der Waals surface area contributed by atoms with Crippen LogP contribution in [0.3, 0.4) is 0 Å². The number of nitrogens with zero attached hydrogens (tertiary/aromatic N) is 3. The minimum absolute atomic E-state index is 0.626. The molecule has 5 heteroatoms. The highest BCUT2D eigenvalue weighted by atomic mass is 79.9. The molecule has 0 aliphatic rings. The van der Waals surface area contributed by atoms with Crippen molar-refractivity contribution in [1.29, 1.82) is 0 Å². The maximum Gasteiger partial charge on any atom is 0.161 e. The van der Waals surface area contributed by atoms with Gasteiger partial charge in [-0.3, -0.25) is 4.79 Å². The molecule has 3 aromatic rings. The van der Waals surface area contributed by atoms with Gasteiger partial charge in [0.15, 0.2) is 12.1 Å². The van der Waals surface area contributed by atoms with Crippen LogP contribution in [-0.2, 0) is 7.05 Å². The second kappa shape index (κ2) is 4.83. The van der Waals surface area contributed by atoms with Gasteiger partial charge in [0.1, 0.15) is 5.65 Å². The van der Waals surface area contributed by atoms with Gasteiger partial charge in [-0.15, -0.1) is 0 Å². The van der Waals surface area contributed by atoms with Gasteiger partial charge in [-0.05, 0) is 19.1 Å². The summed E-state index contributed by atoms with van der Waals surface area (Å²) in [5, 5.41) is 0.821. The molecule has 2 aromatic heterocycles. The van der Waals surface area contributed by atoms with Gasteiger partial charge >= 0.3 is 0 Å². The smallest absolute Gasteiger partial charge is 0.161 e. The van der Waals surface area contributed by atoms with Crippen LogP contribution in [0.5, 0.6) is 0 Å². The summed E-state index contributed by atoms with van der Waals surface area (Å²) in [5.74, 6) is 0.662. The Bertz CT molecular complexity index is 823. The molecule has 0 aliphatic heterocycles. The fourth-order valence-electron chi connectivity index (χ4n) is 2.33. The maximum absolute atomic E-state index is 11.1. The first-order valence-corrected chi connectivity index (χ1v) is 6.94. The van der Waals surface area contributed by atoms with Crippen molar-refractivity contribution in [1.82, 2.24) is 14.5 Å². The highest BCUT2D eigenvalue weighted by Crippen LogP contribution is 2.25. The van der Waals surface area contributed by atoms with Crippen LogP contribution in [-0.4, -0.2) is 20.8 Å². The van der Waals surface area contributed by atoms with Gasteiger partial charge in [-0.2, -0.15) is 0 Å². The topological polar surface area (TPSA) is 47.8 Å². The molecule has 0 atom stereocenters. The van der Waals surface area contributed by atoms with Crippen molar-refractivity contribution in [2.24, 2.45) is 7.05 Å². The fraction of sp³-hybridized carbons (Fsp3) is 0.133. The number of hydrogen-bond acceptors (Lipinski definition) is 3. The van der Waals surface area contributed by atoms with E-state index in [9.17, 15) is 4.79 Å². The summed E-state index contributed by atoms with van der Waals surface area (Å²) >= 11 is 3.45. The number of carbonyl (C=O) groups excluding carboxylic acids is 1. The van der Waals surface area contributed by atoms with Crippen LogP contribution in [0.15, 0.2) is 34.9 Å². The first kappa shape index (κ1) is 13.0. The second-order valence-corrected chi connectivity index (χ2v) is 5.57. The first-order valence-electron chi connectivity index (χ1n) is 6.15. The predicted molar refractivity (Wildman–Crippen MR) is 81.8 cm³/mol. The standard InChI is InChI=1S/C15H12BrN3O/c1-9-13-11(8-20)7-19(2)15(13)18-14(17-9)10-4-3-5-12(16)6-10/h3-8H,1-2H3. The minimum Gasteiger partial charge on any atom is -0.335 e. The Morgan fingerprint density at radius 2 is 2.10 bits per heavy atom. The van der Waals surface area contributed by atoms with Gasteiger partial charge in [0, 0.05) is 28.8 Å². The lowest BCUT2D eigenvalue weighted by Crippen LogP contribution is -1.96. The lowest BCUT2D eigenvalue weighted by Gasteiger charge is -2.05. The quantitative estimate of drug-likeness (QED) is 0.676. The molecule has 2 heterocycles. The second-order valence-electron chi connectivity index (χ2n) is 4.65. The summed E-state index contributed by atoms with van der Waals surface area (Å²) in [6.45, 7) is 1.90. The third-order valence-electron chi connectivity index (χ3n) is 3.24. The van der Waals surface area contributed by atoms with E-state index >= 15 is 0 Å². The summed E-state index contributed by atoms with van der Waals surface area (Å²) in [4.78, 5) is 20.2. The first-order chi connectivity index (χ1) is 9.60. The summed E-state index contributed by atoms with van der Waals surface area (Å²) < 4.78 is 2.84. The number of halogens is 1. The lowest BCUT2D eigenvalue weighted by molar-refractivity contribution is 0.112. The Balaban J connectivity index is 2.30. The van der Waals surface area contributed by atoms with Crippen molar-refractivity contribution in [2.45, 2.75) is 6.92 Å². The van der Waals surface area contributed by atoms with E-state index in [1.165, 1.54) is 0 Å². The third kappa shape index (κ3) is 2.04. The normalized spacial score (nSPS) is 10.9. The van der Waals surface area contributed by atoms with Crippen LogP contribution in [0.2, 0.25) is 0 Å². The summed E-state index contributed by atoms with van der Waals surface area (Å²) in [6, 6.07) is 7.85. The molecular weight excluding hydrogens is 318 g/mol. The Kier molecular flexibility index (Phi) is 3.14. The third-order valence-corrected chi connectivity index (χ3v) is 3.73. The number of benzene rings is 1. The molecule has 0 saturated carbocycles. The van der Waals surface area contributed by atoms with Crippen molar-refractivity contribution < 1.29 is 4.79 Å². The van der Waals surface area contributed by atoms with E-state index in [1.54, 1.807) is 6.20 Å². The van der Waals surface area contributed by atoms with E-state index < -0.39 is 0 Å². The molecule has 0 unspecified atom stereocenters. The van der Waals surface area contributed by atoms with Gasteiger partial charge in [0.2, 0.25) is 0 Å². The number of rotatable bonds is 2. The van der Waals surface area contributed by atoms with Gasteiger partial charge < -0.3 is 4.57 Å². The number of fused-ring (bicyclic) bond motifs is 1. The highest BCUT2D eigenvalue weighted by molar-refractivity contribution is 9.10. The van der Waals surface area contributed by atoms with Crippen molar-refractivity contribution >= 4 is 33.2 Å². The van der Waals surface area contributed by atoms with E-state index in [0.717, 1.165) is 33.0 Å². The molecule has 0 radical (unpaired) electrons. The van der Waals surface area contributed by atoms with Crippen molar-refractivity contribution in [3.05, 3.63) is 46.2 Å². The van der Waals surface area contributed by atoms with Crippen LogP contribution in [0, 0.1) is 6.92 Å². The predicted octanol–water partition coefficient (Wildman–Crippen LogP) is 3.52. The van der Waals surface area contributed by atoms with E-state index in [2.05, 4.69) is 25.9 Å². The summed E-state index contributed by atoms with van der Waals surface area (Å²) in [7, 11) is 1.88. The number of carbonyl (C=O) groups is 1. The molecule has 20 heavy (non-hydrogen) atoms. The number of aldehydes is 1. The molecule has 0 aliphatic carbocycles. The molecule has 0 saturated heterocycles. The van der Waals surface area contributed by atoms with Crippen LogP contribution in [0.25, 0.3) is 22.4 Å². The van der Waals surface area contributed by atoms with Gasteiger partial charge in [-0.1, -0.05) is 28.1 Å². The molecular formula is C15H12BrN3O. The Labute approximate surface area is 124 Å². The molecule has 1 aromatic carbocycles. The average molecular weight is 330 g/mol. The molecule has 100 valence electrons. The van der Waals surface area contributed by atoms with Gasteiger partial charge in [0.25, 0.3) is 0 Å². The largest absolute Gasteiger partial charge is 0.335 e. The molecule has 0 fully saturated rings. The zero-order valence-electron chi connectivity index (χ0n) is 11.1. The zero-order valence-corrected chi connectivity index (χ0v) is 12.7. The minimum atomic E-state index is 0.626. The van der Waals surface area contributed by atoms with E-state index in [4.69, 9.17) is 0 Å². The average Bonchev–Trinajstić information content (AvgIpc) is 2.76. The van der Waals surface area contributed by atoms with Crippen LogP contribution in [0.4, 0.5) is 0 Å².